The summed E-state index contributed by atoms with van der Waals surface area (Å²) in [5, 5.41) is 9.22. The van der Waals surface area contributed by atoms with Gasteiger partial charge in [0.2, 0.25) is 0 Å². The molecule has 2 aliphatic heterocycles. The Balaban J connectivity index is 1.48. The number of hydrogen-bond donors (Lipinski definition) is 3. The van der Waals surface area contributed by atoms with E-state index in [4.69, 9.17) is 9.72 Å². The first-order chi connectivity index (χ1) is 14.2. The highest BCUT2D eigenvalue weighted by Gasteiger charge is 2.31. The molecule has 0 amide bonds. The second-order valence-electron chi connectivity index (χ2n) is 7.44. The Morgan fingerprint density at radius 3 is 2.83 bits per heavy atom. The highest BCUT2D eigenvalue weighted by Crippen LogP contribution is 2.27. The lowest BCUT2D eigenvalue weighted by molar-refractivity contribution is 0.0825. The van der Waals surface area contributed by atoms with E-state index in [9.17, 15) is 4.79 Å². The monoisotopic (exact) mass is 393 g/mol. The number of anilines is 1. The Kier molecular flexibility index (Phi) is 4.61. The molecule has 0 bridgehead atoms. The lowest BCUT2D eigenvalue weighted by Crippen LogP contribution is -2.45. The molecule has 150 valence electrons. The standard InChI is InChI=1S/C20H23N7O2/c1-12-22-18(26-25-12)15-5-3-2-4-13(15)10-17-23-19-16(20(28)24-17)11-21-27(19)14-6-8-29-9-7-14/h2-5,14,21H,6-11H2,1H3,(H,22,25,26)(H,23,24,28). The third-order valence-electron chi connectivity index (χ3n) is 5.47. The van der Waals surface area contributed by atoms with E-state index in [-0.39, 0.29) is 11.6 Å². The zero-order valence-corrected chi connectivity index (χ0v) is 16.2. The molecule has 2 aromatic heterocycles. The molecule has 2 aliphatic rings. The van der Waals surface area contributed by atoms with E-state index >= 15 is 0 Å². The number of hydrazine groups is 1. The van der Waals surface area contributed by atoms with Crippen molar-refractivity contribution in [1.29, 1.82) is 0 Å². The molecule has 1 fully saturated rings. The molecule has 4 heterocycles. The zero-order valence-electron chi connectivity index (χ0n) is 16.2. The number of aryl methyl sites for hydroxylation is 1. The van der Waals surface area contributed by atoms with Crippen LogP contribution in [0.15, 0.2) is 29.1 Å². The number of benzene rings is 1. The summed E-state index contributed by atoms with van der Waals surface area (Å²) in [4.78, 5) is 24.9. The lowest BCUT2D eigenvalue weighted by Gasteiger charge is -2.32. The molecule has 0 radical (unpaired) electrons. The van der Waals surface area contributed by atoms with Gasteiger partial charge in [0.15, 0.2) is 11.6 Å². The van der Waals surface area contributed by atoms with Crippen LogP contribution in [0.4, 0.5) is 5.82 Å². The van der Waals surface area contributed by atoms with Gasteiger partial charge in [0, 0.05) is 31.7 Å². The van der Waals surface area contributed by atoms with Crippen molar-refractivity contribution in [1.82, 2.24) is 30.6 Å². The maximum absolute atomic E-state index is 12.7. The van der Waals surface area contributed by atoms with Crippen LogP contribution in [-0.4, -0.2) is 44.4 Å². The molecule has 0 unspecified atom stereocenters. The first-order valence-electron chi connectivity index (χ1n) is 9.89. The quantitative estimate of drug-likeness (QED) is 0.615. The van der Waals surface area contributed by atoms with Crippen LogP contribution < -0.4 is 16.0 Å². The fraction of sp³-hybridized carbons (Fsp3) is 0.400. The molecule has 9 nitrogen and oxygen atoms in total. The maximum atomic E-state index is 12.7. The summed E-state index contributed by atoms with van der Waals surface area (Å²) in [7, 11) is 0. The molecular formula is C20H23N7O2. The summed E-state index contributed by atoms with van der Waals surface area (Å²) in [6, 6.07) is 8.22. The molecule has 1 saturated heterocycles. The van der Waals surface area contributed by atoms with E-state index in [0.717, 1.165) is 48.8 Å². The zero-order chi connectivity index (χ0) is 19.8. The van der Waals surface area contributed by atoms with Gasteiger partial charge in [-0.2, -0.15) is 5.10 Å². The number of rotatable bonds is 4. The molecule has 1 aromatic carbocycles. The molecule has 0 spiro atoms. The van der Waals surface area contributed by atoms with Crippen molar-refractivity contribution in [3.63, 3.8) is 0 Å². The predicted octanol–water partition coefficient (Wildman–Crippen LogP) is 1.46. The molecule has 5 rings (SSSR count). The second-order valence-corrected chi connectivity index (χ2v) is 7.44. The first-order valence-corrected chi connectivity index (χ1v) is 9.89. The van der Waals surface area contributed by atoms with E-state index in [1.807, 2.05) is 31.2 Å². The van der Waals surface area contributed by atoms with Gasteiger partial charge in [0.25, 0.3) is 5.56 Å². The summed E-state index contributed by atoms with van der Waals surface area (Å²) in [6.07, 6.45) is 2.33. The lowest BCUT2D eigenvalue weighted by atomic mass is 10.0. The third kappa shape index (κ3) is 3.43. The summed E-state index contributed by atoms with van der Waals surface area (Å²) in [5.41, 5.74) is 5.88. The topological polar surface area (TPSA) is 112 Å². The van der Waals surface area contributed by atoms with Gasteiger partial charge >= 0.3 is 0 Å². The van der Waals surface area contributed by atoms with Gasteiger partial charge in [-0.15, -0.1) is 0 Å². The minimum Gasteiger partial charge on any atom is -0.381 e. The van der Waals surface area contributed by atoms with Crippen molar-refractivity contribution < 1.29 is 4.74 Å². The van der Waals surface area contributed by atoms with Crippen LogP contribution in [0.25, 0.3) is 11.4 Å². The number of ether oxygens (including phenoxy) is 1. The molecule has 0 atom stereocenters. The average molecular weight is 393 g/mol. The van der Waals surface area contributed by atoms with Gasteiger partial charge in [-0.1, -0.05) is 24.3 Å². The first kappa shape index (κ1) is 18.0. The van der Waals surface area contributed by atoms with E-state index < -0.39 is 0 Å². The molecule has 3 N–H and O–H groups in total. The highest BCUT2D eigenvalue weighted by molar-refractivity contribution is 5.60. The Labute approximate surface area is 167 Å². The van der Waals surface area contributed by atoms with Crippen LogP contribution in [0.3, 0.4) is 0 Å². The minimum absolute atomic E-state index is 0.0849. The minimum atomic E-state index is -0.0849. The van der Waals surface area contributed by atoms with E-state index in [1.165, 1.54) is 0 Å². The maximum Gasteiger partial charge on any atom is 0.257 e. The van der Waals surface area contributed by atoms with Crippen molar-refractivity contribution in [2.45, 2.75) is 38.8 Å². The largest absolute Gasteiger partial charge is 0.381 e. The van der Waals surface area contributed by atoms with Crippen molar-refractivity contribution in [3.05, 3.63) is 57.4 Å². The summed E-state index contributed by atoms with van der Waals surface area (Å²) >= 11 is 0. The molecule has 0 aliphatic carbocycles. The summed E-state index contributed by atoms with van der Waals surface area (Å²) < 4.78 is 5.47. The van der Waals surface area contributed by atoms with Crippen LogP contribution in [0.2, 0.25) is 0 Å². The van der Waals surface area contributed by atoms with E-state index in [1.54, 1.807) is 0 Å². The summed E-state index contributed by atoms with van der Waals surface area (Å²) in [5.74, 6) is 2.78. The highest BCUT2D eigenvalue weighted by atomic mass is 16.5. The predicted molar refractivity (Wildman–Crippen MR) is 107 cm³/mol. The van der Waals surface area contributed by atoms with Crippen LogP contribution in [-0.2, 0) is 17.7 Å². The average Bonchev–Trinajstić information content (AvgIpc) is 3.36. The van der Waals surface area contributed by atoms with Gasteiger partial charge in [0.1, 0.15) is 11.6 Å². The normalized spacial score (nSPS) is 16.9. The number of nitrogens with zero attached hydrogens (tertiary/aromatic N) is 4. The number of fused-ring (bicyclic) bond motifs is 1. The van der Waals surface area contributed by atoms with E-state index in [2.05, 4.69) is 30.6 Å². The second kappa shape index (κ2) is 7.41. The van der Waals surface area contributed by atoms with Gasteiger partial charge in [-0.05, 0) is 25.3 Å². The SMILES string of the molecule is Cc1nc(-c2ccccc2Cc2nc3c(c(=O)[nH]2)CNN3C2CCOCC2)n[nH]1. The fourth-order valence-electron chi connectivity index (χ4n) is 3.99. The van der Waals surface area contributed by atoms with Crippen molar-refractivity contribution in [2.75, 3.05) is 18.2 Å². The van der Waals surface area contributed by atoms with Crippen LogP contribution in [0, 0.1) is 6.92 Å². The Bertz CT molecular complexity index is 1080. The Morgan fingerprint density at radius 2 is 2.03 bits per heavy atom. The molecule has 0 saturated carbocycles. The molecule has 3 aromatic rings. The van der Waals surface area contributed by atoms with Crippen molar-refractivity contribution >= 4 is 5.82 Å². The number of hydrogen-bond acceptors (Lipinski definition) is 7. The summed E-state index contributed by atoms with van der Waals surface area (Å²) in [6.45, 7) is 3.84. The fourth-order valence-corrected chi connectivity index (χ4v) is 3.99. The Morgan fingerprint density at radius 1 is 1.21 bits per heavy atom. The smallest absolute Gasteiger partial charge is 0.257 e. The van der Waals surface area contributed by atoms with Gasteiger partial charge < -0.3 is 9.72 Å². The number of nitrogens with one attached hydrogen (secondary N) is 3. The van der Waals surface area contributed by atoms with Crippen LogP contribution in [0.5, 0.6) is 0 Å². The van der Waals surface area contributed by atoms with Gasteiger partial charge in [-0.3, -0.25) is 14.9 Å². The van der Waals surface area contributed by atoms with E-state index in [0.29, 0.717) is 30.2 Å². The third-order valence-corrected chi connectivity index (χ3v) is 5.47. The number of H-pyrrole nitrogens is 2. The van der Waals surface area contributed by atoms with Crippen molar-refractivity contribution in [3.8, 4) is 11.4 Å². The molecule has 29 heavy (non-hydrogen) atoms. The number of aromatic amines is 2. The van der Waals surface area contributed by atoms with Gasteiger partial charge in [0.05, 0.1) is 11.6 Å². The van der Waals surface area contributed by atoms with Crippen molar-refractivity contribution in [2.24, 2.45) is 0 Å². The Hall–Kier alpha value is -3.04. The van der Waals surface area contributed by atoms with Crippen LogP contribution >= 0.6 is 0 Å². The van der Waals surface area contributed by atoms with Gasteiger partial charge in [-0.25, -0.2) is 15.4 Å². The molecular weight excluding hydrogens is 370 g/mol. The molecule has 9 heteroatoms. The number of aromatic nitrogens is 5. The van der Waals surface area contributed by atoms with Crippen LogP contribution in [0.1, 0.15) is 35.6 Å².